The number of carboxylic acid groups (broad SMARTS) is 3. The Labute approximate surface area is 273 Å². The number of aliphatic carboxylic acids is 2. The van der Waals surface area contributed by atoms with Gasteiger partial charge < -0.3 is 30.9 Å². The van der Waals surface area contributed by atoms with Gasteiger partial charge in [-0.15, -0.1) is 0 Å². The van der Waals surface area contributed by atoms with Gasteiger partial charge in [-0.3, -0.25) is 38.7 Å². The number of likely N-dealkylation sites (N-methyl/N-ethyl adjacent to an activating group) is 1. The zero-order valence-corrected chi connectivity index (χ0v) is 28.1. The molecular formula is C32H56N6O8. The molecule has 0 bridgehead atoms. The van der Waals surface area contributed by atoms with Crippen molar-refractivity contribution in [2.24, 2.45) is 0 Å². The van der Waals surface area contributed by atoms with Gasteiger partial charge in [0.05, 0.1) is 19.6 Å². The quantitative estimate of drug-likeness (QED) is 0.146. The van der Waals surface area contributed by atoms with Gasteiger partial charge in [-0.1, -0.05) is 47.0 Å². The first kappa shape index (κ1) is 42.4. The molecule has 5 N–H and O–H groups in total. The predicted molar refractivity (Wildman–Crippen MR) is 178 cm³/mol. The van der Waals surface area contributed by atoms with Crippen molar-refractivity contribution in [2.45, 2.75) is 53.4 Å². The van der Waals surface area contributed by atoms with Crippen molar-refractivity contribution in [3.8, 4) is 0 Å². The highest BCUT2D eigenvalue weighted by atomic mass is 16.4. The molecule has 0 aromatic heterocycles. The lowest BCUT2D eigenvalue weighted by atomic mass is 10.1. The Hall–Kier alpha value is -3.59. The average Bonchev–Trinajstić information content (AvgIpc) is 3.02. The van der Waals surface area contributed by atoms with E-state index in [4.69, 9.17) is 9.90 Å². The van der Waals surface area contributed by atoms with Crippen LogP contribution in [0.1, 0.15) is 63.7 Å². The number of benzene rings is 1. The summed E-state index contributed by atoms with van der Waals surface area (Å²) in [5.74, 6) is -2.17. The maximum atomic E-state index is 12.9. The number of nitrogens with one attached hydrogen (secondary N) is 2. The molecule has 2 rings (SSSR count). The highest BCUT2D eigenvalue weighted by Crippen LogP contribution is 2.10. The minimum Gasteiger partial charge on any atom is -0.483 e. The molecule has 0 saturated carbocycles. The summed E-state index contributed by atoms with van der Waals surface area (Å²) >= 11 is 0. The monoisotopic (exact) mass is 652 g/mol. The van der Waals surface area contributed by atoms with Crippen molar-refractivity contribution in [2.75, 3.05) is 90.4 Å². The Morgan fingerprint density at radius 2 is 1.15 bits per heavy atom. The Morgan fingerprint density at radius 3 is 1.57 bits per heavy atom. The van der Waals surface area contributed by atoms with Gasteiger partial charge in [-0.2, -0.15) is 0 Å². The van der Waals surface area contributed by atoms with Gasteiger partial charge >= 0.3 is 11.9 Å². The van der Waals surface area contributed by atoms with Gasteiger partial charge in [-0.05, 0) is 37.2 Å². The molecule has 1 aromatic carbocycles. The van der Waals surface area contributed by atoms with E-state index in [1.54, 1.807) is 29.2 Å². The highest BCUT2D eigenvalue weighted by Gasteiger charge is 2.20. The van der Waals surface area contributed by atoms with Crippen molar-refractivity contribution in [1.82, 2.24) is 24.9 Å². The van der Waals surface area contributed by atoms with Crippen LogP contribution in [-0.2, 0) is 19.2 Å². The number of rotatable bonds is 14. The molecular weight excluding hydrogens is 596 g/mol. The topological polar surface area (TPSA) is 183 Å². The molecule has 262 valence electrons. The molecule has 1 fully saturated rings. The summed E-state index contributed by atoms with van der Waals surface area (Å²) in [6.45, 7) is 13.7. The number of carbonyl (C=O) groups excluding carboxylic acids is 2. The van der Waals surface area contributed by atoms with E-state index in [0.29, 0.717) is 70.2 Å². The van der Waals surface area contributed by atoms with Crippen molar-refractivity contribution >= 4 is 35.9 Å². The van der Waals surface area contributed by atoms with Crippen molar-refractivity contribution < 1.29 is 39.3 Å². The third kappa shape index (κ3) is 20.4. The standard InChI is InChI=1S/C29H48N6O6.C2H6.CH2O2/c1-3-5-6-7-12-30-29(41)24-8-10-25(11-9-24)31-26(36)21-33-15-13-32(4-2)14-16-34(22-27(37)38)19-20-35(18-17-33)23-28(39)40;1-2;2-1-3/h8-11H,3-7,12-23H2,1-2H3,(H,30,41)(H,31,36)(H,37,38)(H,39,40);1-2H3;1H,(H,2,3). The lowest BCUT2D eigenvalue weighted by molar-refractivity contribution is -0.140. The lowest BCUT2D eigenvalue weighted by Crippen LogP contribution is -2.48. The third-order valence-electron chi connectivity index (χ3n) is 7.21. The van der Waals surface area contributed by atoms with Crippen LogP contribution in [0.3, 0.4) is 0 Å². The van der Waals surface area contributed by atoms with Crippen LogP contribution >= 0.6 is 0 Å². The Kier molecular flexibility index (Phi) is 24.5. The van der Waals surface area contributed by atoms with Gasteiger partial charge in [0.25, 0.3) is 12.4 Å². The SMILES string of the molecule is CC.CCCCCCNC(=O)c1ccc(NC(=O)CN2CCN(CC)CCN(CC(=O)O)CCN(CC(=O)O)CC2)cc1.O=CO. The smallest absolute Gasteiger partial charge is 0.317 e. The number of anilines is 1. The van der Waals surface area contributed by atoms with E-state index in [0.717, 1.165) is 32.2 Å². The molecule has 46 heavy (non-hydrogen) atoms. The summed E-state index contributed by atoms with van der Waals surface area (Å²) in [5.41, 5.74) is 1.15. The normalized spacial score (nSPS) is 15.4. The molecule has 0 atom stereocenters. The van der Waals surface area contributed by atoms with Gasteiger partial charge in [-0.25, -0.2) is 0 Å². The summed E-state index contributed by atoms with van der Waals surface area (Å²) in [6.07, 6.45) is 4.36. The zero-order valence-electron chi connectivity index (χ0n) is 28.1. The Morgan fingerprint density at radius 1 is 0.717 bits per heavy atom. The molecule has 1 heterocycles. The average molecular weight is 653 g/mol. The molecule has 14 nitrogen and oxygen atoms in total. The second kappa shape index (κ2) is 26.6. The van der Waals surface area contributed by atoms with Crippen LogP contribution in [-0.4, -0.2) is 150 Å². The van der Waals surface area contributed by atoms with Crippen molar-refractivity contribution in [3.63, 3.8) is 0 Å². The molecule has 0 radical (unpaired) electrons. The molecule has 1 aromatic rings. The molecule has 0 aliphatic carbocycles. The molecule has 0 spiro atoms. The number of nitrogens with zero attached hydrogens (tertiary/aromatic N) is 4. The van der Waals surface area contributed by atoms with Gasteiger partial charge in [0.2, 0.25) is 5.91 Å². The van der Waals surface area contributed by atoms with E-state index in [9.17, 15) is 29.4 Å². The maximum absolute atomic E-state index is 12.9. The van der Waals surface area contributed by atoms with Gasteiger partial charge in [0, 0.05) is 70.2 Å². The van der Waals surface area contributed by atoms with Gasteiger partial charge in [0.1, 0.15) is 0 Å². The van der Waals surface area contributed by atoms with Crippen LogP contribution in [0.15, 0.2) is 24.3 Å². The number of unbranched alkanes of at least 4 members (excludes halogenated alkanes) is 3. The summed E-state index contributed by atoms with van der Waals surface area (Å²) < 4.78 is 0. The zero-order chi connectivity index (χ0) is 34.7. The largest absolute Gasteiger partial charge is 0.483 e. The van der Waals surface area contributed by atoms with E-state index in [1.807, 2.05) is 23.6 Å². The number of carboxylic acids is 2. The molecule has 1 saturated heterocycles. The van der Waals surface area contributed by atoms with E-state index >= 15 is 0 Å². The highest BCUT2D eigenvalue weighted by molar-refractivity contribution is 5.96. The number of carbonyl (C=O) groups is 5. The van der Waals surface area contributed by atoms with Crippen LogP contribution in [0.5, 0.6) is 0 Å². The third-order valence-corrected chi connectivity index (χ3v) is 7.21. The summed E-state index contributed by atoms with van der Waals surface area (Å²) in [4.78, 5) is 64.3. The van der Waals surface area contributed by atoms with E-state index in [-0.39, 0.29) is 37.9 Å². The lowest BCUT2D eigenvalue weighted by Gasteiger charge is -2.33. The molecule has 1 aliphatic rings. The fourth-order valence-corrected chi connectivity index (χ4v) is 4.72. The molecule has 0 unspecified atom stereocenters. The minimum atomic E-state index is -0.947. The van der Waals surface area contributed by atoms with Gasteiger partial charge in [0.15, 0.2) is 0 Å². The second-order valence-corrected chi connectivity index (χ2v) is 10.6. The minimum absolute atomic E-state index is 0.0878. The fourth-order valence-electron chi connectivity index (χ4n) is 4.72. The molecule has 14 heteroatoms. The summed E-state index contributed by atoms with van der Waals surface area (Å²) in [5, 5.41) is 31.4. The number of hydrogen-bond acceptors (Lipinski definition) is 9. The molecule has 1 aliphatic heterocycles. The van der Waals surface area contributed by atoms with E-state index < -0.39 is 11.9 Å². The number of hydrogen-bond donors (Lipinski definition) is 5. The number of amides is 2. The summed E-state index contributed by atoms with van der Waals surface area (Å²) in [6, 6.07) is 6.83. The van der Waals surface area contributed by atoms with Crippen LogP contribution in [0, 0.1) is 0 Å². The van der Waals surface area contributed by atoms with E-state index in [2.05, 4.69) is 29.4 Å². The van der Waals surface area contributed by atoms with Crippen LogP contribution < -0.4 is 10.6 Å². The first-order valence-corrected chi connectivity index (χ1v) is 16.2. The van der Waals surface area contributed by atoms with Crippen molar-refractivity contribution in [1.29, 1.82) is 0 Å². The molecule has 2 amide bonds. The van der Waals surface area contributed by atoms with Crippen molar-refractivity contribution in [3.05, 3.63) is 29.8 Å². The van der Waals surface area contributed by atoms with E-state index in [1.165, 1.54) is 0 Å². The fraction of sp³-hybridized carbons (Fsp3) is 0.656. The Balaban J connectivity index is 0.00000381. The van der Waals surface area contributed by atoms with Crippen LogP contribution in [0.4, 0.5) is 5.69 Å². The first-order chi connectivity index (χ1) is 22.1. The maximum Gasteiger partial charge on any atom is 0.317 e. The predicted octanol–water partition coefficient (Wildman–Crippen LogP) is 2.07. The van der Waals surface area contributed by atoms with Crippen LogP contribution in [0.25, 0.3) is 0 Å². The van der Waals surface area contributed by atoms with Crippen LogP contribution in [0.2, 0.25) is 0 Å². The first-order valence-electron chi connectivity index (χ1n) is 16.2. The summed E-state index contributed by atoms with van der Waals surface area (Å²) in [7, 11) is 0. The Bertz CT molecular complexity index is 1010. The second-order valence-electron chi connectivity index (χ2n) is 10.6.